The minimum Gasteiger partial charge on any atom is -0.396 e. The van der Waals surface area contributed by atoms with Crippen LogP contribution in [0.25, 0.3) is 0 Å². The van der Waals surface area contributed by atoms with Crippen LogP contribution in [0.2, 0.25) is 0 Å². The van der Waals surface area contributed by atoms with Crippen LogP contribution in [-0.2, 0) is 6.54 Å². The van der Waals surface area contributed by atoms with Crippen molar-refractivity contribution in [3.8, 4) is 0 Å². The third-order valence-electron chi connectivity index (χ3n) is 2.59. The van der Waals surface area contributed by atoms with Crippen LogP contribution in [0.4, 0.5) is 15.8 Å². The Bertz CT molecular complexity index is 478. The molecule has 0 spiro atoms. The standard InChI is InChI=1S/C12H15FN4/c1-16(12-4-2-10(13)3-5-12)6-7-17-9-11(14)8-15-17/h2-5,8-9H,6-7,14H2,1H3. The first-order chi connectivity index (χ1) is 8.15. The fourth-order valence-electron chi connectivity index (χ4n) is 1.58. The van der Waals surface area contributed by atoms with E-state index in [1.807, 2.05) is 11.9 Å². The van der Waals surface area contributed by atoms with Gasteiger partial charge in [0.2, 0.25) is 0 Å². The Kier molecular flexibility index (Phi) is 3.27. The summed E-state index contributed by atoms with van der Waals surface area (Å²) in [5, 5.41) is 4.10. The first-order valence-corrected chi connectivity index (χ1v) is 5.40. The molecule has 0 unspecified atom stereocenters. The normalized spacial score (nSPS) is 10.5. The number of aromatic nitrogens is 2. The van der Waals surface area contributed by atoms with Gasteiger partial charge in [-0.3, -0.25) is 4.68 Å². The van der Waals surface area contributed by atoms with E-state index in [0.717, 1.165) is 18.8 Å². The molecule has 1 aromatic heterocycles. The van der Waals surface area contributed by atoms with Gasteiger partial charge in [-0.2, -0.15) is 5.10 Å². The van der Waals surface area contributed by atoms with Gasteiger partial charge in [-0.1, -0.05) is 0 Å². The lowest BCUT2D eigenvalue weighted by molar-refractivity contribution is 0.610. The highest BCUT2D eigenvalue weighted by Gasteiger charge is 2.02. The Balaban J connectivity index is 1.93. The summed E-state index contributed by atoms with van der Waals surface area (Å²) in [4.78, 5) is 2.04. The van der Waals surface area contributed by atoms with Gasteiger partial charge in [0.15, 0.2) is 0 Å². The fraction of sp³-hybridized carbons (Fsp3) is 0.250. The molecule has 2 rings (SSSR count). The van der Waals surface area contributed by atoms with E-state index < -0.39 is 0 Å². The zero-order valence-electron chi connectivity index (χ0n) is 9.68. The molecular weight excluding hydrogens is 219 g/mol. The van der Waals surface area contributed by atoms with Crippen molar-refractivity contribution < 1.29 is 4.39 Å². The summed E-state index contributed by atoms with van der Waals surface area (Å²) in [5.74, 6) is -0.220. The Hall–Kier alpha value is -2.04. The Morgan fingerprint density at radius 1 is 1.35 bits per heavy atom. The molecule has 0 fully saturated rings. The maximum Gasteiger partial charge on any atom is 0.123 e. The van der Waals surface area contributed by atoms with E-state index in [-0.39, 0.29) is 5.82 Å². The highest BCUT2D eigenvalue weighted by molar-refractivity contribution is 5.45. The van der Waals surface area contributed by atoms with Crippen molar-refractivity contribution in [3.05, 3.63) is 42.5 Å². The second kappa shape index (κ2) is 4.86. The molecule has 1 aromatic carbocycles. The summed E-state index contributed by atoms with van der Waals surface area (Å²) in [6, 6.07) is 6.43. The molecule has 5 heteroatoms. The van der Waals surface area contributed by atoms with Gasteiger partial charge in [0, 0.05) is 25.5 Å². The van der Waals surface area contributed by atoms with Gasteiger partial charge < -0.3 is 10.6 Å². The van der Waals surface area contributed by atoms with Crippen molar-refractivity contribution in [1.29, 1.82) is 0 Å². The van der Waals surface area contributed by atoms with Gasteiger partial charge in [-0.25, -0.2) is 4.39 Å². The topological polar surface area (TPSA) is 47.1 Å². The molecular formula is C12H15FN4. The predicted molar refractivity (Wildman–Crippen MR) is 66.3 cm³/mol. The minimum absolute atomic E-state index is 0.220. The molecule has 0 amide bonds. The maximum atomic E-state index is 12.8. The molecule has 0 aliphatic rings. The van der Waals surface area contributed by atoms with Gasteiger partial charge >= 0.3 is 0 Å². The molecule has 0 bridgehead atoms. The van der Waals surface area contributed by atoms with Gasteiger partial charge in [0.1, 0.15) is 5.82 Å². The molecule has 0 saturated heterocycles. The largest absolute Gasteiger partial charge is 0.396 e. The summed E-state index contributed by atoms with van der Waals surface area (Å²) in [7, 11) is 1.96. The van der Waals surface area contributed by atoms with Gasteiger partial charge in [-0.15, -0.1) is 0 Å². The third kappa shape index (κ3) is 2.96. The zero-order chi connectivity index (χ0) is 12.3. The second-order valence-corrected chi connectivity index (χ2v) is 3.93. The van der Waals surface area contributed by atoms with E-state index in [1.54, 1.807) is 29.2 Å². The number of nitrogens with zero attached hydrogens (tertiary/aromatic N) is 3. The fourth-order valence-corrected chi connectivity index (χ4v) is 1.58. The first kappa shape index (κ1) is 11.4. The molecule has 90 valence electrons. The molecule has 0 aliphatic carbocycles. The number of likely N-dealkylation sites (N-methyl/N-ethyl adjacent to an activating group) is 1. The van der Waals surface area contributed by atoms with Crippen LogP contribution < -0.4 is 10.6 Å². The van der Waals surface area contributed by atoms with E-state index in [1.165, 1.54) is 12.1 Å². The van der Waals surface area contributed by atoms with Gasteiger partial charge in [0.25, 0.3) is 0 Å². The van der Waals surface area contributed by atoms with Crippen molar-refractivity contribution in [2.75, 3.05) is 24.2 Å². The highest BCUT2D eigenvalue weighted by Crippen LogP contribution is 2.12. The smallest absolute Gasteiger partial charge is 0.123 e. The number of halogens is 1. The minimum atomic E-state index is -0.220. The van der Waals surface area contributed by atoms with Crippen LogP contribution in [0, 0.1) is 5.82 Å². The van der Waals surface area contributed by atoms with Crippen LogP contribution in [0.15, 0.2) is 36.7 Å². The first-order valence-electron chi connectivity index (χ1n) is 5.40. The maximum absolute atomic E-state index is 12.8. The van der Waals surface area contributed by atoms with Crippen molar-refractivity contribution in [2.24, 2.45) is 0 Å². The van der Waals surface area contributed by atoms with E-state index >= 15 is 0 Å². The Morgan fingerprint density at radius 2 is 2.06 bits per heavy atom. The number of rotatable bonds is 4. The van der Waals surface area contributed by atoms with Crippen LogP contribution in [0.5, 0.6) is 0 Å². The van der Waals surface area contributed by atoms with E-state index in [9.17, 15) is 4.39 Å². The van der Waals surface area contributed by atoms with Gasteiger partial charge in [-0.05, 0) is 24.3 Å². The number of benzene rings is 1. The lowest BCUT2D eigenvalue weighted by Gasteiger charge is -2.19. The molecule has 2 aromatic rings. The van der Waals surface area contributed by atoms with Crippen molar-refractivity contribution >= 4 is 11.4 Å². The number of nitrogen functional groups attached to an aromatic ring is 1. The molecule has 0 aliphatic heterocycles. The van der Waals surface area contributed by atoms with Gasteiger partial charge in [0.05, 0.1) is 18.4 Å². The summed E-state index contributed by atoms with van der Waals surface area (Å²) in [5.41, 5.74) is 7.21. The summed E-state index contributed by atoms with van der Waals surface area (Å²) in [6.45, 7) is 1.53. The highest BCUT2D eigenvalue weighted by atomic mass is 19.1. The van der Waals surface area contributed by atoms with Crippen LogP contribution >= 0.6 is 0 Å². The van der Waals surface area contributed by atoms with E-state index in [4.69, 9.17) is 5.73 Å². The monoisotopic (exact) mass is 234 g/mol. The number of hydrogen-bond acceptors (Lipinski definition) is 3. The quantitative estimate of drug-likeness (QED) is 0.876. The lowest BCUT2D eigenvalue weighted by atomic mass is 10.3. The molecule has 2 N–H and O–H groups in total. The van der Waals surface area contributed by atoms with Crippen molar-refractivity contribution in [1.82, 2.24) is 9.78 Å². The summed E-state index contributed by atoms with van der Waals surface area (Å²) >= 11 is 0. The number of hydrogen-bond donors (Lipinski definition) is 1. The van der Waals surface area contributed by atoms with Crippen molar-refractivity contribution in [2.45, 2.75) is 6.54 Å². The Labute approximate surface area is 99.5 Å². The van der Waals surface area contributed by atoms with Crippen molar-refractivity contribution in [3.63, 3.8) is 0 Å². The summed E-state index contributed by atoms with van der Waals surface area (Å²) in [6.07, 6.45) is 3.41. The third-order valence-corrected chi connectivity index (χ3v) is 2.59. The summed E-state index contributed by atoms with van der Waals surface area (Å²) < 4.78 is 14.5. The molecule has 4 nitrogen and oxygen atoms in total. The molecule has 1 heterocycles. The second-order valence-electron chi connectivity index (χ2n) is 3.93. The molecule has 0 saturated carbocycles. The van der Waals surface area contributed by atoms with Crippen LogP contribution in [0.1, 0.15) is 0 Å². The molecule has 17 heavy (non-hydrogen) atoms. The SMILES string of the molecule is CN(CCn1cc(N)cn1)c1ccc(F)cc1. The van der Waals surface area contributed by atoms with E-state index in [0.29, 0.717) is 5.69 Å². The number of anilines is 2. The Morgan fingerprint density at radius 3 is 2.65 bits per heavy atom. The van der Waals surface area contributed by atoms with Crippen LogP contribution in [0.3, 0.4) is 0 Å². The average molecular weight is 234 g/mol. The zero-order valence-corrected chi connectivity index (χ0v) is 9.68. The molecule has 0 atom stereocenters. The predicted octanol–water partition coefficient (Wildman–Crippen LogP) is 1.74. The van der Waals surface area contributed by atoms with E-state index in [2.05, 4.69) is 5.10 Å². The van der Waals surface area contributed by atoms with Crippen LogP contribution in [-0.4, -0.2) is 23.4 Å². The lowest BCUT2D eigenvalue weighted by Crippen LogP contribution is -2.22. The number of nitrogens with two attached hydrogens (primary N) is 1. The molecule has 0 radical (unpaired) electrons. The average Bonchev–Trinajstić information content (AvgIpc) is 2.73.